The molecule has 154 valence electrons. The lowest BCUT2D eigenvalue weighted by molar-refractivity contribution is -0.116. The van der Waals surface area contributed by atoms with Crippen LogP contribution in [0.25, 0.3) is 6.08 Å². The van der Waals surface area contributed by atoms with Gasteiger partial charge in [0, 0.05) is 56.3 Å². The maximum atomic E-state index is 12.2. The Morgan fingerprint density at radius 2 is 2.11 bits per heavy atom. The van der Waals surface area contributed by atoms with Crippen molar-refractivity contribution in [3.63, 3.8) is 0 Å². The number of rotatable bonds is 8. The normalized spacial score (nSPS) is 20.2. The van der Waals surface area contributed by atoms with E-state index in [-0.39, 0.29) is 12.0 Å². The van der Waals surface area contributed by atoms with Crippen LogP contribution in [0.3, 0.4) is 0 Å². The molecule has 2 aliphatic rings. The fourth-order valence-corrected chi connectivity index (χ4v) is 3.68. The largest absolute Gasteiger partial charge is 0.493 e. The van der Waals surface area contributed by atoms with Gasteiger partial charge in [-0.1, -0.05) is 0 Å². The van der Waals surface area contributed by atoms with E-state index >= 15 is 0 Å². The summed E-state index contributed by atoms with van der Waals surface area (Å²) in [4.78, 5) is 17.0. The third-order valence-electron chi connectivity index (χ3n) is 5.29. The molecular formula is C22H33N3O3. The molecule has 6 nitrogen and oxygen atoms in total. The molecule has 0 radical (unpaired) electrons. The van der Waals surface area contributed by atoms with Crippen LogP contribution in [-0.2, 0) is 11.2 Å². The molecule has 6 heteroatoms. The van der Waals surface area contributed by atoms with Gasteiger partial charge in [-0.25, -0.2) is 0 Å². The van der Waals surface area contributed by atoms with Crippen LogP contribution in [0.15, 0.2) is 18.2 Å². The average Bonchev–Trinajstić information content (AvgIpc) is 3.04. The lowest BCUT2D eigenvalue weighted by atomic mass is 10.1. The van der Waals surface area contributed by atoms with Gasteiger partial charge in [0.25, 0.3) is 0 Å². The third kappa shape index (κ3) is 5.72. The number of piperazine rings is 1. The summed E-state index contributed by atoms with van der Waals surface area (Å²) in [5, 5.41) is 2.98. The summed E-state index contributed by atoms with van der Waals surface area (Å²) in [7, 11) is 2.16. The van der Waals surface area contributed by atoms with Gasteiger partial charge in [0.1, 0.15) is 17.6 Å². The number of hydrogen-bond donors (Lipinski definition) is 1. The minimum absolute atomic E-state index is 0.0735. The van der Waals surface area contributed by atoms with Crippen LogP contribution in [0.1, 0.15) is 31.4 Å². The molecule has 0 bridgehead atoms. The van der Waals surface area contributed by atoms with Crippen molar-refractivity contribution in [1.29, 1.82) is 0 Å². The minimum Gasteiger partial charge on any atom is -0.493 e. The molecule has 2 heterocycles. The zero-order valence-corrected chi connectivity index (χ0v) is 17.4. The number of ether oxygens (including phenoxy) is 2. The molecular weight excluding hydrogens is 354 g/mol. The number of hydrogen-bond acceptors (Lipinski definition) is 5. The molecule has 1 aromatic carbocycles. The van der Waals surface area contributed by atoms with Crippen LogP contribution in [0, 0.1) is 0 Å². The second kappa shape index (κ2) is 9.94. The van der Waals surface area contributed by atoms with Gasteiger partial charge < -0.3 is 24.6 Å². The highest BCUT2D eigenvalue weighted by molar-refractivity contribution is 5.92. The fourth-order valence-electron chi connectivity index (χ4n) is 3.68. The molecule has 1 fully saturated rings. The van der Waals surface area contributed by atoms with Crippen molar-refractivity contribution in [1.82, 2.24) is 15.1 Å². The standard InChI is InChI=1S/C22H33N3O3/c1-4-27-20-16-19-14-17(2)28-21(19)15-18(20)6-7-22(26)23-8-5-9-25-12-10-24(3)11-13-25/h6-7,15-17H,4-5,8-14H2,1-3H3,(H,23,26)/b7-6+. The van der Waals surface area contributed by atoms with Gasteiger partial charge in [-0.2, -0.15) is 0 Å². The van der Waals surface area contributed by atoms with Crippen molar-refractivity contribution in [3.8, 4) is 11.5 Å². The molecule has 3 rings (SSSR count). The quantitative estimate of drug-likeness (QED) is 0.547. The molecule has 28 heavy (non-hydrogen) atoms. The summed E-state index contributed by atoms with van der Waals surface area (Å²) in [6.45, 7) is 10.8. The monoisotopic (exact) mass is 387 g/mol. The maximum Gasteiger partial charge on any atom is 0.244 e. The van der Waals surface area contributed by atoms with Gasteiger partial charge in [0.2, 0.25) is 5.91 Å². The molecule has 1 atom stereocenters. The number of fused-ring (bicyclic) bond motifs is 1. The molecule has 0 aliphatic carbocycles. The first-order valence-electron chi connectivity index (χ1n) is 10.4. The van der Waals surface area contributed by atoms with Crippen molar-refractivity contribution in [2.75, 3.05) is 52.9 Å². The SMILES string of the molecule is CCOc1cc2c(cc1/C=C/C(=O)NCCCN1CCN(C)CC1)OC(C)C2. The Hall–Kier alpha value is -2.05. The molecule has 1 N–H and O–H groups in total. The van der Waals surface area contributed by atoms with E-state index < -0.39 is 0 Å². The first-order valence-corrected chi connectivity index (χ1v) is 10.4. The van der Waals surface area contributed by atoms with Crippen LogP contribution >= 0.6 is 0 Å². The Morgan fingerprint density at radius 1 is 1.32 bits per heavy atom. The van der Waals surface area contributed by atoms with E-state index in [2.05, 4.69) is 29.1 Å². The van der Waals surface area contributed by atoms with Crippen molar-refractivity contribution < 1.29 is 14.3 Å². The summed E-state index contributed by atoms with van der Waals surface area (Å²) in [5.74, 6) is 1.62. The predicted octanol–water partition coefficient (Wildman–Crippen LogP) is 2.18. The first kappa shape index (κ1) is 20.7. The number of nitrogens with one attached hydrogen (secondary N) is 1. The molecule has 1 aromatic rings. The van der Waals surface area contributed by atoms with Gasteiger partial charge in [0.15, 0.2) is 0 Å². The van der Waals surface area contributed by atoms with Crippen LogP contribution in [0.5, 0.6) is 11.5 Å². The van der Waals surface area contributed by atoms with Crippen LogP contribution in [0.4, 0.5) is 0 Å². The van der Waals surface area contributed by atoms with Gasteiger partial charge >= 0.3 is 0 Å². The fraction of sp³-hybridized carbons (Fsp3) is 0.591. The average molecular weight is 388 g/mol. The lowest BCUT2D eigenvalue weighted by Crippen LogP contribution is -2.45. The molecule has 1 amide bonds. The molecule has 0 aromatic heterocycles. The topological polar surface area (TPSA) is 54.0 Å². The first-order chi connectivity index (χ1) is 13.5. The van der Waals surface area contributed by atoms with Crippen LogP contribution in [0.2, 0.25) is 0 Å². The highest BCUT2D eigenvalue weighted by Crippen LogP contribution is 2.35. The van der Waals surface area contributed by atoms with Gasteiger partial charge in [-0.05, 0) is 52.1 Å². The minimum atomic E-state index is -0.0735. The molecule has 1 saturated heterocycles. The summed E-state index contributed by atoms with van der Waals surface area (Å²) >= 11 is 0. The van der Waals surface area contributed by atoms with E-state index in [4.69, 9.17) is 9.47 Å². The predicted molar refractivity (Wildman–Crippen MR) is 112 cm³/mol. The van der Waals surface area contributed by atoms with E-state index in [0.717, 1.165) is 62.6 Å². The number of amides is 1. The Labute approximate surface area is 168 Å². The molecule has 0 saturated carbocycles. The van der Waals surface area contributed by atoms with E-state index in [0.29, 0.717) is 13.2 Å². The smallest absolute Gasteiger partial charge is 0.244 e. The van der Waals surface area contributed by atoms with E-state index in [9.17, 15) is 4.79 Å². The third-order valence-corrected chi connectivity index (χ3v) is 5.29. The van der Waals surface area contributed by atoms with Gasteiger partial charge in [0.05, 0.1) is 6.61 Å². The number of benzene rings is 1. The number of carbonyl (C=O) groups excluding carboxylic acids is 1. The highest BCUT2D eigenvalue weighted by Gasteiger charge is 2.21. The van der Waals surface area contributed by atoms with Crippen LogP contribution in [-0.4, -0.2) is 74.7 Å². The number of likely N-dealkylation sites (N-methyl/N-ethyl adjacent to an activating group) is 1. The van der Waals surface area contributed by atoms with Crippen LogP contribution < -0.4 is 14.8 Å². The Morgan fingerprint density at radius 3 is 2.86 bits per heavy atom. The van der Waals surface area contributed by atoms with Gasteiger partial charge in [-0.15, -0.1) is 0 Å². The summed E-state index contributed by atoms with van der Waals surface area (Å²) < 4.78 is 11.6. The zero-order chi connectivity index (χ0) is 19.9. The number of nitrogens with zero attached hydrogens (tertiary/aromatic N) is 2. The van der Waals surface area contributed by atoms with E-state index in [1.165, 1.54) is 5.56 Å². The van der Waals surface area contributed by atoms with E-state index in [1.807, 2.05) is 25.1 Å². The summed E-state index contributed by atoms with van der Waals surface area (Å²) in [6.07, 6.45) is 5.45. The molecule has 0 spiro atoms. The zero-order valence-electron chi connectivity index (χ0n) is 17.4. The van der Waals surface area contributed by atoms with Gasteiger partial charge in [-0.3, -0.25) is 4.79 Å². The summed E-state index contributed by atoms with van der Waals surface area (Å²) in [6, 6.07) is 4.01. The maximum absolute atomic E-state index is 12.2. The Kier molecular flexibility index (Phi) is 7.34. The second-order valence-electron chi connectivity index (χ2n) is 7.69. The molecule has 2 aliphatic heterocycles. The highest BCUT2D eigenvalue weighted by atomic mass is 16.5. The second-order valence-corrected chi connectivity index (χ2v) is 7.69. The van der Waals surface area contributed by atoms with Crippen molar-refractivity contribution in [3.05, 3.63) is 29.3 Å². The summed E-state index contributed by atoms with van der Waals surface area (Å²) in [5.41, 5.74) is 2.05. The van der Waals surface area contributed by atoms with Crippen molar-refractivity contribution >= 4 is 12.0 Å². The lowest BCUT2D eigenvalue weighted by Gasteiger charge is -2.32. The Balaban J connectivity index is 1.48. The molecule has 1 unspecified atom stereocenters. The van der Waals surface area contributed by atoms with Crippen molar-refractivity contribution in [2.45, 2.75) is 32.8 Å². The van der Waals surface area contributed by atoms with E-state index in [1.54, 1.807) is 6.08 Å². The number of carbonyl (C=O) groups is 1. The van der Waals surface area contributed by atoms with Crippen molar-refractivity contribution in [2.24, 2.45) is 0 Å². The Bertz CT molecular complexity index is 697.